The Morgan fingerprint density at radius 1 is 1.80 bits per heavy atom. The number of aromatic nitrogens is 2. The third-order valence-electron chi connectivity index (χ3n) is 2.27. The topological polar surface area (TPSA) is 79.5 Å². The van der Waals surface area contributed by atoms with Crippen molar-refractivity contribution < 1.29 is 14.4 Å². The second kappa shape index (κ2) is 4.63. The molecule has 15 heavy (non-hydrogen) atoms. The van der Waals surface area contributed by atoms with E-state index in [0.29, 0.717) is 18.2 Å². The van der Waals surface area contributed by atoms with Crippen LogP contribution < -0.4 is 0 Å². The predicted octanol–water partition coefficient (Wildman–Crippen LogP) is 0.0716. The molecule has 0 bridgehead atoms. The minimum absolute atomic E-state index is 0.414. The Labute approximate surface area is 90.6 Å². The van der Waals surface area contributed by atoms with Gasteiger partial charge in [0.15, 0.2) is 6.33 Å². The van der Waals surface area contributed by atoms with Crippen LogP contribution >= 0.6 is 11.8 Å². The zero-order chi connectivity index (χ0) is 10.7. The molecule has 1 atom stereocenters. The monoisotopic (exact) mass is 229 g/mol. The summed E-state index contributed by atoms with van der Waals surface area (Å²) >= 11 is 1.66. The van der Waals surface area contributed by atoms with E-state index in [1.54, 1.807) is 11.8 Å². The second-order valence-electron chi connectivity index (χ2n) is 3.23. The van der Waals surface area contributed by atoms with Crippen LogP contribution in [0.15, 0.2) is 10.9 Å². The Morgan fingerprint density at radius 2 is 2.67 bits per heavy atom. The van der Waals surface area contributed by atoms with E-state index < -0.39 is 12.0 Å². The molecule has 7 heteroatoms. The highest BCUT2D eigenvalue weighted by atomic mass is 32.2. The van der Waals surface area contributed by atoms with Crippen LogP contribution in [0.2, 0.25) is 0 Å². The number of aliphatic carboxylic acids is 1. The Balaban J connectivity index is 2.02. The van der Waals surface area contributed by atoms with Crippen molar-refractivity contribution in [3.8, 4) is 0 Å². The van der Waals surface area contributed by atoms with Crippen LogP contribution in [-0.4, -0.2) is 50.2 Å². The van der Waals surface area contributed by atoms with Crippen molar-refractivity contribution in [1.82, 2.24) is 15.0 Å². The standard InChI is InChI=1S/C8H11N3O3S/c12-8(13)6-4-15-2-1-11(6)3-7-9-5-10-14-7/h5-6H,1-4H2,(H,12,13). The summed E-state index contributed by atoms with van der Waals surface area (Å²) in [4.78, 5) is 16.7. The molecule has 6 nitrogen and oxygen atoms in total. The molecule has 0 amide bonds. The number of hydrogen-bond acceptors (Lipinski definition) is 6. The van der Waals surface area contributed by atoms with Gasteiger partial charge < -0.3 is 9.63 Å². The maximum absolute atomic E-state index is 11.0. The molecule has 0 spiro atoms. The van der Waals surface area contributed by atoms with Crippen molar-refractivity contribution in [2.75, 3.05) is 18.1 Å². The molecule has 0 radical (unpaired) electrons. The van der Waals surface area contributed by atoms with Crippen molar-refractivity contribution >= 4 is 17.7 Å². The fraction of sp³-hybridized carbons (Fsp3) is 0.625. The van der Waals surface area contributed by atoms with E-state index >= 15 is 0 Å². The molecule has 2 rings (SSSR count). The quantitative estimate of drug-likeness (QED) is 0.785. The van der Waals surface area contributed by atoms with Crippen molar-refractivity contribution in [2.24, 2.45) is 0 Å². The smallest absolute Gasteiger partial charge is 0.321 e. The minimum Gasteiger partial charge on any atom is -0.480 e. The van der Waals surface area contributed by atoms with Gasteiger partial charge in [0.2, 0.25) is 5.89 Å². The highest BCUT2D eigenvalue weighted by Crippen LogP contribution is 2.18. The lowest BCUT2D eigenvalue weighted by Gasteiger charge is -2.31. The molecule has 1 aliphatic rings. The predicted molar refractivity (Wildman–Crippen MR) is 53.5 cm³/mol. The van der Waals surface area contributed by atoms with Crippen LogP contribution in [-0.2, 0) is 11.3 Å². The Kier molecular flexibility index (Phi) is 3.22. The fourth-order valence-corrected chi connectivity index (χ4v) is 2.60. The van der Waals surface area contributed by atoms with Gasteiger partial charge in [-0.2, -0.15) is 16.7 Å². The summed E-state index contributed by atoms with van der Waals surface area (Å²) in [7, 11) is 0. The summed E-state index contributed by atoms with van der Waals surface area (Å²) < 4.78 is 4.86. The van der Waals surface area contributed by atoms with Gasteiger partial charge in [0, 0.05) is 18.1 Å². The first kappa shape index (κ1) is 10.4. The number of thioether (sulfide) groups is 1. The summed E-state index contributed by atoms with van der Waals surface area (Å²) in [6, 6.07) is -0.448. The lowest BCUT2D eigenvalue weighted by atomic mass is 10.2. The third kappa shape index (κ3) is 2.48. The van der Waals surface area contributed by atoms with Crippen molar-refractivity contribution in [3.63, 3.8) is 0 Å². The normalized spacial score (nSPS) is 22.8. The van der Waals surface area contributed by atoms with Gasteiger partial charge in [-0.25, -0.2) is 0 Å². The zero-order valence-electron chi connectivity index (χ0n) is 8.00. The van der Waals surface area contributed by atoms with Gasteiger partial charge in [-0.1, -0.05) is 5.16 Å². The fourth-order valence-electron chi connectivity index (χ4n) is 1.49. The maximum Gasteiger partial charge on any atom is 0.321 e. The number of carboxylic acid groups (broad SMARTS) is 1. The van der Waals surface area contributed by atoms with E-state index in [-0.39, 0.29) is 0 Å². The minimum atomic E-state index is -0.790. The molecule has 1 aliphatic heterocycles. The maximum atomic E-state index is 11.0. The number of carbonyl (C=O) groups is 1. The molecule has 1 aromatic heterocycles. The molecule has 1 aromatic rings. The van der Waals surface area contributed by atoms with Crippen LogP contribution in [0.3, 0.4) is 0 Å². The summed E-state index contributed by atoms with van der Waals surface area (Å²) in [5.41, 5.74) is 0. The lowest BCUT2D eigenvalue weighted by molar-refractivity contribution is -0.142. The molecule has 0 aliphatic carbocycles. The van der Waals surface area contributed by atoms with Crippen LogP contribution in [0.25, 0.3) is 0 Å². The molecule has 82 valence electrons. The van der Waals surface area contributed by atoms with Gasteiger partial charge in [0.1, 0.15) is 6.04 Å². The van der Waals surface area contributed by atoms with E-state index in [0.717, 1.165) is 12.3 Å². The molecule has 2 heterocycles. The van der Waals surface area contributed by atoms with E-state index in [9.17, 15) is 4.79 Å². The second-order valence-corrected chi connectivity index (χ2v) is 4.38. The van der Waals surface area contributed by atoms with Gasteiger partial charge >= 0.3 is 5.97 Å². The SMILES string of the molecule is O=C(O)C1CSCCN1Cc1ncno1. The Bertz CT molecular complexity index is 330. The number of rotatable bonds is 3. The van der Waals surface area contributed by atoms with Crippen LogP contribution in [0, 0.1) is 0 Å². The van der Waals surface area contributed by atoms with E-state index in [1.807, 2.05) is 4.90 Å². The van der Waals surface area contributed by atoms with Gasteiger partial charge in [-0.3, -0.25) is 9.69 Å². The average molecular weight is 229 g/mol. The first-order valence-corrected chi connectivity index (χ1v) is 5.73. The largest absolute Gasteiger partial charge is 0.480 e. The number of nitrogens with zero attached hydrogens (tertiary/aromatic N) is 3. The van der Waals surface area contributed by atoms with E-state index in [2.05, 4.69) is 10.1 Å². The molecule has 1 saturated heterocycles. The number of hydrogen-bond donors (Lipinski definition) is 1. The summed E-state index contributed by atoms with van der Waals surface area (Å²) in [5, 5.41) is 12.5. The van der Waals surface area contributed by atoms with Gasteiger partial charge in [0.25, 0.3) is 0 Å². The Morgan fingerprint density at radius 3 is 3.33 bits per heavy atom. The van der Waals surface area contributed by atoms with Crippen molar-refractivity contribution in [1.29, 1.82) is 0 Å². The van der Waals surface area contributed by atoms with E-state index in [4.69, 9.17) is 9.63 Å². The highest BCUT2D eigenvalue weighted by molar-refractivity contribution is 7.99. The van der Waals surface area contributed by atoms with Gasteiger partial charge in [-0.05, 0) is 0 Å². The summed E-state index contributed by atoms with van der Waals surface area (Å²) in [5.74, 6) is 1.23. The van der Waals surface area contributed by atoms with Crippen molar-refractivity contribution in [3.05, 3.63) is 12.2 Å². The first-order chi connectivity index (χ1) is 7.27. The van der Waals surface area contributed by atoms with Gasteiger partial charge in [0.05, 0.1) is 6.54 Å². The van der Waals surface area contributed by atoms with E-state index in [1.165, 1.54) is 6.33 Å². The molecule has 0 aromatic carbocycles. The summed E-state index contributed by atoms with van der Waals surface area (Å²) in [6.07, 6.45) is 1.32. The average Bonchev–Trinajstić information content (AvgIpc) is 2.71. The van der Waals surface area contributed by atoms with Crippen LogP contribution in [0.4, 0.5) is 0 Å². The molecular weight excluding hydrogens is 218 g/mol. The molecule has 1 fully saturated rings. The number of carboxylic acids is 1. The zero-order valence-corrected chi connectivity index (χ0v) is 8.81. The summed E-state index contributed by atoms with van der Waals surface area (Å²) in [6.45, 7) is 1.15. The first-order valence-electron chi connectivity index (χ1n) is 4.57. The van der Waals surface area contributed by atoms with Crippen LogP contribution in [0.5, 0.6) is 0 Å². The molecule has 0 saturated carbocycles. The lowest BCUT2D eigenvalue weighted by Crippen LogP contribution is -2.46. The molecule has 1 N–H and O–H groups in total. The third-order valence-corrected chi connectivity index (χ3v) is 3.29. The van der Waals surface area contributed by atoms with Crippen molar-refractivity contribution in [2.45, 2.75) is 12.6 Å². The molecule has 1 unspecified atom stereocenters. The van der Waals surface area contributed by atoms with Gasteiger partial charge in [-0.15, -0.1) is 0 Å². The van der Waals surface area contributed by atoms with Crippen LogP contribution in [0.1, 0.15) is 5.89 Å². The molecular formula is C8H11N3O3S. The Hall–Kier alpha value is -1.08. The highest BCUT2D eigenvalue weighted by Gasteiger charge is 2.29.